The highest BCUT2D eigenvalue weighted by Crippen LogP contribution is 2.36. The van der Waals surface area contributed by atoms with Crippen molar-refractivity contribution in [2.24, 2.45) is 11.7 Å². The van der Waals surface area contributed by atoms with Crippen LogP contribution in [-0.4, -0.2) is 24.6 Å². The van der Waals surface area contributed by atoms with E-state index in [0.29, 0.717) is 6.42 Å². The van der Waals surface area contributed by atoms with Crippen molar-refractivity contribution >= 4 is 5.91 Å². The van der Waals surface area contributed by atoms with Gasteiger partial charge in [-0.1, -0.05) is 26.0 Å². The van der Waals surface area contributed by atoms with Crippen LogP contribution in [0.1, 0.15) is 32.8 Å². The number of ether oxygens (including phenoxy) is 1. The average Bonchev–Trinajstić information content (AvgIpc) is 2.49. The molecule has 3 N–H and O–H groups in total. The molecular formula is C16H23F3N2O2. The van der Waals surface area contributed by atoms with Gasteiger partial charge in [0.1, 0.15) is 11.9 Å². The maximum atomic E-state index is 12.9. The lowest BCUT2D eigenvalue weighted by molar-refractivity contribution is -0.139. The molecule has 1 amide bonds. The number of hydrogen-bond donors (Lipinski definition) is 2. The van der Waals surface area contributed by atoms with Crippen molar-refractivity contribution in [1.82, 2.24) is 5.32 Å². The van der Waals surface area contributed by atoms with Crippen molar-refractivity contribution in [1.29, 1.82) is 0 Å². The molecule has 0 spiro atoms. The lowest BCUT2D eigenvalue weighted by atomic mass is 10.0. The Kier molecular flexibility index (Phi) is 6.87. The summed E-state index contributed by atoms with van der Waals surface area (Å²) < 4.78 is 44.3. The van der Waals surface area contributed by atoms with Crippen LogP contribution in [0.25, 0.3) is 0 Å². The van der Waals surface area contributed by atoms with Crippen molar-refractivity contribution in [3.05, 3.63) is 29.8 Å². The van der Waals surface area contributed by atoms with Gasteiger partial charge in [0.25, 0.3) is 0 Å². The third kappa shape index (κ3) is 5.74. The predicted molar refractivity (Wildman–Crippen MR) is 82.0 cm³/mol. The van der Waals surface area contributed by atoms with E-state index in [1.54, 1.807) is 20.8 Å². The van der Waals surface area contributed by atoms with E-state index in [4.69, 9.17) is 10.5 Å². The van der Waals surface area contributed by atoms with Crippen molar-refractivity contribution in [2.45, 2.75) is 45.5 Å². The van der Waals surface area contributed by atoms with Crippen LogP contribution in [-0.2, 0) is 11.0 Å². The summed E-state index contributed by atoms with van der Waals surface area (Å²) in [5.41, 5.74) is 4.82. The minimum Gasteiger partial charge on any atom is -0.488 e. The second-order valence-electron chi connectivity index (χ2n) is 5.53. The fraction of sp³-hybridized carbons (Fsp3) is 0.562. The Balaban J connectivity index is 2.73. The van der Waals surface area contributed by atoms with E-state index in [1.807, 2.05) is 0 Å². The topological polar surface area (TPSA) is 64.4 Å². The molecule has 4 nitrogen and oxygen atoms in total. The molecule has 1 rings (SSSR count). The second kappa shape index (κ2) is 8.19. The number of rotatable bonds is 7. The predicted octanol–water partition coefficient (Wildman–Crippen LogP) is 2.96. The van der Waals surface area contributed by atoms with E-state index >= 15 is 0 Å². The summed E-state index contributed by atoms with van der Waals surface area (Å²) in [5, 5.41) is 2.67. The first-order valence-corrected chi connectivity index (χ1v) is 7.53. The summed E-state index contributed by atoms with van der Waals surface area (Å²) in [6.45, 7) is 5.32. The minimum atomic E-state index is -4.48. The number of carbonyl (C=O) groups is 1. The van der Waals surface area contributed by atoms with Crippen LogP contribution in [0.4, 0.5) is 13.2 Å². The maximum Gasteiger partial charge on any atom is 0.419 e. The van der Waals surface area contributed by atoms with Gasteiger partial charge < -0.3 is 15.8 Å². The van der Waals surface area contributed by atoms with Crippen LogP contribution in [0, 0.1) is 5.92 Å². The highest BCUT2D eigenvalue weighted by molar-refractivity contribution is 5.78. The van der Waals surface area contributed by atoms with Crippen LogP contribution in [0.5, 0.6) is 5.75 Å². The van der Waals surface area contributed by atoms with Gasteiger partial charge in [0.15, 0.2) is 0 Å². The normalized spacial score (nSPS) is 15.6. The molecule has 3 unspecified atom stereocenters. The molecule has 0 fully saturated rings. The lowest BCUT2D eigenvalue weighted by Crippen LogP contribution is -2.42. The lowest BCUT2D eigenvalue weighted by Gasteiger charge is -2.22. The Labute approximate surface area is 134 Å². The number of benzene rings is 1. The molecule has 7 heteroatoms. The first kappa shape index (κ1) is 19.3. The third-order valence-corrected chi connectivity index (χ3v) is 3.65. The highest BCUT2D eigenvalue weighted by Gasteiger charge is 2.34. The zero-order chi connectivity index (χ0) is 17.6. The Hall–Kier alpha value is -1.76. The Morgan fingerprint density at radius 1 is 1.30 bits per heavy atom. The van der Waals surface area contributed by atoms with Crippen LogP contribution in [0.3, 0.4) is 0 Å². The summed E-state index contributed by atoms with van der Waals surface area (Å²) in [4.78, 5) is 11.9. The van der Waals surface area contributed by atoms with E-state index < -0.39 is 17.8 Å². The van der Waals surface area contributed by atoms with Crippen molar-refractivity contribution < 1.29 is 22.7 Å². The largest absolute Gasteiger partial charge is 0.488 e. The first-order valence-electron chi connectivity index (χ1n) is 7.53. The van der Waals surface area contributed by atoms with Crippen LogP contribution in [0.15, 0.2) is 24.3 Å². The summed E-state index contributed by atoms with van der Waals surface area (Å²) >= 11 is 0. The number of carbonyl (C=O) groups excluding carboxylic acids is 1. The molecule has 1 aromatic rings. The number of halogens is 3. The molecule has 0 aliphatic heterocycles. The molecule has 0 aromatic heterocycles. The molecule has 0 aliphatic carbocycles. The summed E-state index contributed by atoms with van der Waals surface area (Å²) in [7, 11) is 0. The van der Waals surface area contributed by atoms with E-state index in [-0.39, 0.29) is 30.2 Å². The van der Waals surface area contributed by atoms with E-state index in [9.17, 15) is 18.0 Å². The smallest absolute Gasteiger partial charge is 0.419 e. The molecule has 1 aromatic carbocycles. The highest BCUT2D eigenvalue weighted by atomic mass is 19.4. The molecule has 0 bridgehead atoms. The van der Waals surface area contributed by atoms with Gasteiger partial charge in [0, 0.05) is 12.0 Å². The zero-order valence-electron chi connectivity index (χ0n) is 13.5. The van der Waals surface area contributed by atoms with E-state index in [0.717, 1.165) is 6.07 Å². The van der Waals surface area contributed by atoms with Gasteiger partial charge in [0.2, 0.25) is 5.91 Å². The number of nitrogens with one attached hydrogen (secondary N) is 1. The number of amides is 1. The van der Waals surface area contributed by atoms with E-state index in [1.165, 1.54) is 18.2 Å². The van der Waals surface area contributed by atoms with Crippen molar-refractivity contribution in [2.75, 3.05) is 6.54 Å². The Morgan fingerprint density at radius 3 is 2.43 bits per heavy atom. The molecule has 0 saturated carbocycles. The molecule has 0 heterocycles. The van der Waals surface area contributed by atoms with Gasteiger partial charge in [-0.05, 0) is 25.5 Å². The fourth-order valence-electron chi connectivity index (χ4n) is 1.87. The van der Waals surface area contributed by atoms with Gasteiger partial charge >= 0.3 is 6.18 Å². The van der Waals surface area contributed by atoms with Gasteiger partial charge in [-0.25, -0.2) is 0 Å². The molecule has 0 aliphatic rings. The Morgan fingerprint density at radius 2 is 1.91 bits per heavy atom. The zero-order valence-corrected chi connectivity index (χ0v) is 13.5. The number of para-hydroxylation sites is 1. The monoisotopic (exact) mass is 332 g/mol. The van der Waals surface area contributed by atoms with Crippen LogP contribution < -0.4 is 15.8 Å². The number of hydrogen-bond acceptors (Lipinski definition) is 3. The van der Waals surface area contributed by atoms with Crippen molar-refractivity contribution in [3.8, 4) is 5.75 Å². The van der Waals surface area contributed by atoms with Gasteiger partial charge in [-0.2, -0.15) is 13.2 Å². The van der Waals surface area contributed by atoms with Crippen LogP contribution >= 0.6 is 0 Å². The van der Waals surface area contributed by atoms with E-state index in [2.05, 4.69) is 5.32 Å². The van der Waals surface area contributed by atoms with Gasteiger partial charge in [0.05, 0.1) is 12.1 Å². The Bertz CT molecular complexity index is 518. The quantitative estimate of drug-likeness (QED) is 0.807. The SMILES string of the molecule is CCC(CNC(=O)C(C)C(C)N)Oc1ccccc1C(F)(F)F. The number of alkyl halides is 3. The molecule has 23 heavy (non-hydrogen) atoms. The molecule has 0 saturated heterocycles. The average molecular weight is 332 g/mol. The molecule has 3 atom stereocenters. The second-order valence-corrected chi connectivity index (χ2v) is 5.53. The first-order chi connectivity index (χ1) is 10.7. The standard InChI is InChI=1S/C16H23F3N2O2/c1-4-12(9-21-15(22)10(2)11(3)20)23-14-8-6-5-7-13(14)16(17,18)19/h5-8,10-12H,4,9,20H2,1-3H3,(H,21,22). The molecule has 130 valence electrons. The number of nitrogens with two attached hydrogens (primary N) is 1. The maximum absolute atomic E-state index is 12.9. The summed E-state index contributed by atoms with van der Waals surface area (Å²) in [5.74, 6) is -0.859. The third-order valence-electron chi connectivity index (χ3n) is 3.65. The summed E-state index contributed by atoms with van der Waals surface area (Å²) in [6.07, 6.45) is -4.58. The van der Waals surface area contributed by atoms with Crippen molar-refractivity contribution in [3.63, 3.8) is 0 Å². The fourth-order valence-corrected chi connectivity index (χ4v) is 1.87. The molecular weight excluding hydrogens is 309 g/mol. The van der Waals surface area contributed by atoms with Crippen LogP contribution in [0.2, 0.25) is 0 Å². The van der Waals surface area contributed by atoms with Gasteiger partial charge in [-0.15, -0.1) is 0 Å². The minimum absolute atomic E-state index is 0.124. The molecule has 0 radical (unpaired) electrons. The summed E-state index contributed by atoms with van der Waals surface area (Å²) in [6, 6.07) is 4.73. The van der Waals surface area contributed by atoms with Gasteiger partial charge in [-0.3, -0.25) is 4.79 Å².